The molecule has 1 aromatic rings. The van der Waals surface area contributed by atoms with Crippen molar-refractivity contribution in [1.82, 2.24) is 9.55 Å². The van der Waals surface area contributed by atoms with Gasteiger partial charge in [0.05, 0.1) is 0 Å². The van der Waals surface area contributed by atoms with Gasteiger partial charge in [-0.1, -0.05) is 0 Å². The molecule has 1 aliphatic heterocycles. The molecule has 2 heterocycles. The smallest absolute Gasteiger partial charge is 0.293 e. The van der Waals surface area contributed by atoms with Crippen LogP contribution in [0.5, 0.6) is 0 Å². The Morgan fingerprint density at radius 1 is 1.39 bits per heavy atom. The van der Waals surface area contributed by atoms with Crippen LogP contribution in [0.25, 0.3) is 0 Å². The number of hydrogen-bond donors (Lipinski definition) is 0. The second-order valence-electron chi connectivity index (χ2n) is 5.27. The molecule has 0 bridgehead atoms. The zero-order chi connectivity index (χ0) is 12.5. The summed E-state index contributed by atoms with van der Waals surface area (Å²) in [7, 11) is 0. The van der Waals surface area contributed by atoms with Crippen LogP contribution >= 0.6 is 11.6 Å². The molecule has 1 saturated carbocycles. The molecule has 1 aromatic heterocycles. The number of aromatic nitrogens is 2. The Balaban J connectivity index is 1.80. The quantitative estimate of drug-likeness (QED) is 0.784. The molecule has 0 aromatic carbocycles. The fourth-order valence-electron chi connectivity index (χ4n) is 2.69. The third-order valence-electron chi connectivity index (χ3n) is 3.89. The van der Waals surface area contributed by atoms with Gasteiger partial charge in [0, 0.05) is 37.4 Å². The summed E-state index contributed by atoms with van der Waals surface area (Å²) in [6.07, 6.45) is 7.96. The predicted octanol–water partition coefficient (Wildman–Crippen LogP) is 2.03. The molecule has 2 fully saturated rings. The average Bonchev–Trinajstić information content (AvgIpc) is 3.11. The Hall–Kier alpha value is -1.03. The number of rotatable bonds is 4. The second kappa shape index (κ2) is 4.92. The van der Waals surface area contributed by atoms with E-state index in [0.29, 0.717) is 23.7 Å². The van der Waals surface area contributed by atoms with Crippen molar-refractivity contribution >= 4 is 17.4 Å². The lowest BCUT2D eigenvalue weighted by atomic mass is 10.1. The van der Waals surface area contributed by atoms with E-state index in [2.05, 4.69) is 9.88 Å². The molecule has 1 atom stereocenters. The second-order valence-corrected chi connectivity index (χ2v) is 5.65. The van der Waals surface area contributed by atoms with Gasteiger partial charge >= 0.3 is 0 Å². The summed E-state index contributed by atoms with van der Waals surface area (Å²) in [5.74, 6) is 1.94. The average molecular weight is 268 g/mol. The Labute approximate surface area is 112 Å². The van der Waals surface area contributed by atoms with Crippen molar-refractivity contribution in [3.63, 3.8) is 0 Å². The van der Waals surface area contributed by atoms with Crippen LogP contribution in [0, 0.1) is 5.92 Å². The monoisotopic (exact) mass is 267 g/mol. The molecule has 0 radical (unpaired) electrons. The lowest BCUT2D eigenvalue weighted by Crippen LogP contribution is -2.31. The molecule has 98 valence electrons. The van der Waals surface area contributed by atoms with E-state index in [4.69, 9.17) is 11.6 Å². The molecule has 5 heteroatoms. The van der Waals surface area contributed by atoms with Gasteiger partial charge in [0.25, 0.3) is 5.56 Å². The van der Waals surface area contributed by atoms with E-state index in [1.807, 2.05) is 10.8 Å². The summed E-state index contributed by atoms with van der Waals surface area (Å²) >= 11 is 5.78. The van der Waals surface area contributed by atoms with E-state index in [0.717, 1.165) is 38.8 Å². The number of hydrogen-bond acceptors (Lipinski definition) is 3. The molecule has 0 N–H and O–H groups in total. The molecule has 4 nitrogen and oxygen atoms in total. The van der Waals surface area contributed by atoms with Gasteiger partial charge in [-0.15, -0.1) is 11.6 Å². The maximum atomic E-state index is 12.3. The number of anilines is 1. The van der Waals surface area contributed by atoms with Gasteiger partial charge in [-0.25, -0.2) is 4.98 Å². The lowest BCUT2D eigenvalue weighted by molar-refractivity contribution is 0.571. The number of nitrogens with zero attached hydrogens (tertiary/aromatic N) is 3. The minimum absolute atomic E-state index is 0.0755. The number of halogens is 1. The topological polar surface area (TPSA) is 38.1 Å². The summed E-state index contributed by atoms with van der Waals surface area (Å²) in [6.45, 7) is 1.85. The first-order valence-electron chi connectivity index (χ1n) is 6.67. The van der Waals surface area contributed by atoms with Crippen LogP contribution in [0.2, 0.25) is 0 Å². The maximum Gasteiger partial charge on any atom is 0.293 e. The van der Waals surface area contributed by atoms with Gasteiger partial charge in [0.15, 0.2) is 5.82 Å². The Morgan fingerprint density at radius 3 is 2.94 bits per heavy atom. The van der Waals surface area contributed by atoms with Crippen molar-refractivity contribution in [2.24, 2.45) is 5.92 Å². The van der Waals surface area contributed by atoms with E-state index >= 15 is 0 Å². The highest BCUT2D eigenvalue weighted by Gasteiger charge is 2.29. The fourth-order valence-corrected chi connectivity index (χ4v) is 2.99. The normalized spacial score (nSPS) is 23.6. The first-order valence-corrected chi connectivity index (χ1v) is 7.21. The van der Waals surface area contributed by atoms with Gasteiger partial charge < -0.3 is 9.47 Å². The maximum absolute atomic E-state index is 12.3. The van der Waals surface area contributed by atoms with Crippen LogP contribution in [-0.2, 0) is 0 Å². The van der Waals surface area contributed by atoms with Crippen molar-refractivity contribution in [3.05, 3.63) is 22.7 Å². The molecule has 0 amide bonds. The van der Waals surface area contributed by atoms with Crippen molar-refractivity contribution in [2.75, 3.05) is 23.9 Å². The lowest BCUT2D eigenvalue weighted by Gasteiger charge is -2.17. The molecule has 1 unspecified atom stereocenters. The first-order chi connectivity index (χ1) is 8.79. The minimum Gasteiger partial charge on any atom is -0.352 e. The summed E-state index contributed by atoms with van der Waals surface area (Å²) in [4.78, 5) is 18.7. The van der Waals surface area contributed by atoms with Crippen molar-refractivity contribution in [2.45, 2.75) is 31.7 Å². The molecule has 1 saturated heterocycles. The summed E-state index contributed by atoms with van der Waals surface area (Å²) < 4.78 is 1.84. The highest BCUT2D eigenvalue weighted by atomic mass is 35.5. The third-order valence-corrected chi connectivity index (χ3v) is 4.11. The highest BCUT2D eigenvalue weighted by Crippen LogP contribution is 2.33. The summed E-state index contributed by atoms with van der Waals surface area (Å²) in [5, 5.41) is 0. The zero-order valence-corrected chi connectivity index (χ0v) is 11.1. The molecule has 1 aliphatic carbocycles. The van der Waals surface area contributed by atoms with Gasteiger partial charge in [0.1, 0.15) is 0 Å². The number of alkyl halides is 1. The molecule has 3 rings (SSSR count). The molecule has 18 heavy (non-hydrogen) atoms. The largest absolute Gasteiger partial charge is 0.352 e. The third kappa shape index (κ3) is 2.26. The van der Waals surface area contributed by atoms with E-state index in [1.165, 1.54) is 0 Å². The van der Waals surface area contributed by atoms with E-state index < -0.39 is 0 Å². The minimum atomic E-state index is 0.0755. The van der Waals surface area contributed by atoms with Crippen LogP contribution in [-0.4, -0.2) is 28.5 Å². The van der Waals surface area contributed by atoms with Crippen molar-refractivity contribution in [3.8, 4) is 0 Å². The summed E-state index contributed by atoms with van der Waals surface area (Å²) in [5.41, 5.74) is 0.0755. The van der Waals surface area contributed by atoms with Crippen molar-refractivity contribution in [1.29, 1.82) is 0 Å². The van der Waals surface area contributed by atoms with Crippen LogP contribution in [0.15, 0.2) is 17.2 Å². The van der Waals surface area contributed by atoms with Crippen LogP contribution < -0.4 is 10.5 Å². The molecule has 0 spiro atoms. The van der Waals surface area contributed by atoms with Gasteiger partial charge in [-0.05, 0) is 31.6 Å². The Morgan fingerprint density at radius 2 is 2.22 bits per heavy atom. The Bertz CT molecular complexity index is 483. The molecular formula is C13H18ClN3O. The van der Waals surface area contributed by atoms with Crippen LogP contribution in [0.3, 0.4) is 0 Å². The van der Waals surface area contributed by atoms with Crippen LogP contribution in [0.1, 0.15) is 31.7 Å². The highest BCUT2D eigenvalue weighted by molar-refractivity contribution is 6.17. The van der Waals surface area contributed by atoms with Crippen molar-refractivity contribution < 1.29 is 0 Å². The van der Waals surface area contributed by atoms with Gasteiger partial charge in [-0.3, -0.25) is 4.79 Å². The van der Waals surface area contributed by atoms with Crippen LogP contribution in [0.4, 0.5) is 5.82 Å². The van der Waals surface area contributed by atoms with E-state index in [-0.39, 0.29) is 5.56 Å². The molecular weight excluding hydrogens is 250 g/mol. The Kier molecular flexibility index (Phi) is 3.29. The summed E-state index contributed by atoms with van der Waals surface area (Å²) in [6, 6.07) is 0.417. The van der Waals surface area contributed by atoms with Gasteiger partial charge in [0.2, 0.25) is 0 Å². The van der Waals surface area contributed by atoms with Gasteiger partial charge in [-0.2, -0.15) is 0 Å². The predicted molar refractivity (Wildman–Crippen MR) is 72.4 cm³/mol. The standard InChI is InChI=1S/C13H18ClN3O/c14-5-3-10-4-7-16(9-10)12-13(18)17(8-6-15-12)11-1-2-11/h6,8,10-11H,1-5,7,9H2. The molecule has 2 aliphatic rings. The first kappa shape index (κ1) is 12.0. The van der Waals surface area contributed by atoms with E-state index in [9.17, 15) is 4.79 Å². The SMILES string of the molecule is O=c1c(N2CCC(CCCl)C2)nccn1C1CC1. The fraction of sp³-hybridized carbons (Fsp3) is 0.692. The van der Waals surface area contributed by atoms with E-state index in [1.54, 1.807) is 6.20 Å². The zero-order valence-electron chi connectivity index (χ0n) is 10.4.